The zero-order valence-corrected chi connectivity index (χ0v) is 11.9. The van der Waals surface area contributed by atoms with Crippen LogP contribution in [-0.2, 0) is 4.74 Å². The number of hydrogen-bond acceptors (Lipinski definition) is 3. The van der Waals surface area contributed by atoms with Crippen LogP contribution >= 0.6 is 0 Å². The molecule has 1 aliphatic rings. The zero-order chi connectivity index (χ0) is 12.9. The fourth-order valence-corrected chi connectivity index (χ4v) is 1.93. The molecular weight excluding hydrogens is 212 g/mol. The monoisotopic (exact) mass is 240 g/mol. The van der Waals surface area contributed by atoms with Crippen LogP contribution in [0.3, 0.4) is 0 Å². The van der Waals surface area contributed by atoms with Crippen molar-refractivity contribution in [3.63, 3.8) is 0 Å². The van der Waals surface area contributed by atoms with Crippen LogP contribution in [-0.4, -0.2) is 49.3 Å². The third kappa shape index (κ3) is 6.20. The summed E-state index contributed by atoms with van der Waals surface area (Å²) in [5.74, 6) is 0. The summed E-state index contributed by atoms with van der Waals surface area (Å²) in [7, 11) is 0. The molecule has 0 aliphatic carbocycles. The molecule has 0 aromatic carbocycles. The van der Waals surface area contributed by atoms with E-state index in [2.05, 4.69) is 44.5 Å². The minimum atomic E-state index is 0.167. The predicted octanol–water partition coefficient (Wildman–Crippen LogP) is 2.04. The molecule has 1 rings (SSSR count). The average Bonchev–Trinajstić information content (AvgIpc) is 2.26. The van der Waals surface area contributed by atoms with E-state index in [4.69, 9.17) is 4.74 Å². The standard InChI is InChI=1S/C14H28N2O/c1-6-13-11-16(7-8-17-13)10-12(2)9-15-14(3,4)5/h13,15H,2,6-11H2,1,3-5H3. The highest BCUT2D eigenvalue weighted by molar-refractivity contribution is 5.01. The lowest BCUT2D eigenvalue weighted by Crippen LogP contribution is -2.44. The van der Waals surface area contributed by atoms with Gasteiger partial charge in [0.1, 0.15) is 0 Å². The largest absolute Gasteiger partial charge is 0.376 e. The van der Waals surface area contributed by atoms with Crippen molar-refractivity contribution in [1.82, 2.24) is 10.2 Å². The summed E-state index contributed by atoms with van der Waals surface area (Å²) in [5, 5.41) is 3.48. The van der Waals surface area contributed by atoms with Crippen molar-refractivity contribution in [3.8, 4) is 0 Å². The Morgan fingerprint density at radius 2 is 2.18 bits per heavy atom. The highest BCUT2D eigenvalue weighted by Gasteiger charge is 2.19. The molecule has 1 heterocycles. The molecule has 0 amide bonds. The summed E-state index contributed by atoms with van der Waals surface area (Å²) < 4.78 is 5.67. The van der Waals surface area contributed by atoms with E-state index in [-0.39, 0.29) is 5.54 Å². The second kappa shape index (κ2) is 6.53. The van der Waals surface area contributed by atoms with Crippen molar-refractivity contribution in [2.24, 2.45) is 0 Å². The summed E-state index contributed by atoms with van der Waals surface area (Å²) >= 11 is 0. The van der Waals surface area contributed by atoms with Gasteiger partial charge in [0.2, 0.25) is 0 Å². The maximum absolute atomic E-state index is 5.67. The van der Waals surface area contributed by atoms with Gasteiger partial charge >= 0.3 is 0 Å². The normalized spacial score (nSPS) is 22.7. The average molecular weight is 240 g/mol. The van der Waals surface area contributed by atoms with Crippen LogP contribution in [0.25, 0.3) is 0 Å². The molecule has 1 saturated heterocycles. The van der Waals surface area contributed by atoms with Gasteiger partial charge in [-0.3, -0.25) is 4.90 Å². The summed E-state index contributed by atoms with van der Waals surface area (Å²) in [4.78, 5) is 2.45. The van der Waals surface area contributed by atoms with Gasteiger partial charge in [0.05, 0.1) is 12.7 Å². The van der Waals surface area contributed by atoms with Crippen molar-refractivity contribution >= 4 is 0 Å². The van der Waals surface area contributed by atoms with Crippen LogP contribution in [0.2, 0.25) is 0 Å². The number of nitrogens with zero attached hydrogens (tertiary/aromatic N) is 1. The first-order valence-corrected chi connectivity index (χ1v) is 6.66. The number of morpholine rings is 1. The summed E-state index contributed by atoms with van der Waals surface area (Å²) in [6, 6.07) is 0. The van der Waals surface area contributed by atoms with Gasteiger partial charge in [-0.2, -0.15) is 0 Å². The molecule has 17 heavy (non-hydrogen) atoms. The van der Waals surface area contributed by atoms with Crippen LogP contribution in [0.1, 0.15) is 34.1 Å². The zero-order valence-electron chi connectivity index (χ0n) is 11.9. The van der Waals surface area contributed by atoms with E-state index in [1.165, 1.54) is 5.57 Å². The van der Waals surface area contributed by atoms with Crippen LogP contribution in [0, 0.1) is 0 Å². The Kier molecular flexibility index (Phi) is 5.63. The molecule has 1 fully saturated rings. The number of nitrogens with one attached hydrogen (secondary N) is 1. The fraction of sp³-hybridized carbons (Fsp3) is 0.857. The topological polar surface area (TPSA) is 24.5 Å². The second-order valence-corrected chi connectivity index (χ2v) is 5.99. The lowest BCUT2D eigenvalue weighted by Gasteiger charge is -2.33. The predicted molar refractivity (Wildman–Crippen MR) is 73.4 cm³/mol. The van der Waals surface area contributed by atoms with E-state index < -0.39 is 0 Å². The summed E-state index contributed by atoms with van der Waals surface area (Å²) in [5.41, 5.74) is 1.43. The Hall–Kier alpha value is -0.380. The third-order valence-electron chi connectivity index (χ3n) is 2.99. The SMILES string of the molecule is C=C(CNC(C)(C)C)CN1CCOC(CC)C1. The molecule has 3 nitrogen and oxygen atoms in total. The van der Waals surface area contributed by atoms with Crippen molar-refractivity contribution < 1.29 is 4.74 Å². The van der Waals surface area contributed by atoms with Gasteiger partial charge < -0.3 is 10.1 Å². The van der Waals surface area contributed by atoms with Crippen molar-refractivity contribution in [1.29, 1.82) is 0 Å². The molecule has 0 bridgehead atoms. The van der Waals surface area contributed by atoms with E-state index >= 15 is 0 Å². The molecule has 0 spiro atoms. The van der Waals surface area contributed by atoms with E-state index in [0.29, 0.717) is 6.10 Å². The van der Waals surface area contributed by atoms with Gasteiger partial charge in [-0.15, -0.1) is 0 Å². The van der Waals surface area contributed by atoms with Gasteiger partial charge in [0.15, 0.2) is 0 Å². The molecule has 1 atom stereocenters. The van der Waals surface area contributed by atoms with Gasteiger partial charge in [-0.1, -0.05) is 13.5 Å². The molecule has 0 aromatic heterocycles. The van der Waals surface area contributed by atoms with E-state index in [0.717, 1.165) is 39.2 Å². The third-order valence-corrected chi connectivity index (χ3v) is 2.99. The highest BCUT2D eigenvalue weighted by Crippen LogP contribution is 2.10. The molecule has 1 unspecified atom stereocenters. The van der Waals surface area contributed by atoms with E-state index in [9.17, 15) is 0 Å². The molecule has 0 radical (unpaired) electrons. The van der Waals surface area contributed by atoms with Crippen molar-refractivity contribution in [3.05, 3.63) is 12.2 Å². The van der Waals surface area contributed by atoms with Crippen LogP contribution < -0.4 is 5.32 Å². The van der Waals surface area contributed by atoms with Crippen LogP contribution in [0.4, 0.5) is 0 Å². The Balaban J connectivity index is 2.26. The highest BCUT2D eigenvalue weighted by atomic mass is 16.5. The molecule has 1 N–H and O–H groups in total. The first kappa shape index (κ1) is 14.7. The Bertz CT molecular complexity index is 245. The molecule has 3 heteroatoms. The minimum absolute atomic E-state index is 0.167. The molecular formula is C14H28N2O. The smallest absolute Gasteiger partial charge is 0.0700 e. The molecule has 100 valence electrons. The Morgan fingerprint density at radius 3 is 2.76 bits per heavy atom. The van der Waals surface area contributed by atoms with Crippen molar-refractivity contribution in [2.75, 3.05) is 32.8 Å². The summed E-state index contributed by atoms with van der Waals surface area (Å²) in [6.07, 6.45) is 1.51. The first-order chi connectivity index (χ1) is 7.90. The first-order valence-electron chi connectivity index (χ1n) is 6.66. The number of ether oxygens (including phenoxy) is 1. The van der Waals surface area contributed by atoms with Crippen LogP contribution in [0.15, 0.2) is 12.2 Å². The fourth-order valence-electron chi connectivity index (χ4n) is 1.93. The van der Waals surface area contributed by atoms with Crippen LogP contribution in [0.5, 0.6) is 0 Å². The Morgan fingerprint density at radius 1 is 1.47 bits per heavy atom. The van der Waals surface area contributed by atoms with Gasteiger partial charge in [0, 0.05) is 31.7 Å². The molecule has 0 aromatic rings. The molecule has 0 saturated carbocycles. The van der Waals surface area contributed by atoms with Gasteiger partial charge in [-0.25, -0.2) is 0 Å². The number of hydrogen-bond donors (Lipinski definition) is 1. The summed E-state index contributed by atoms with van der Waals surface area (Å²) in [6.45, 7) is 17.7. The quantitative estimate of drug-likeness (QED) is 0.744. The van der Waals surface area contributed by atoms with E-state index in [1.54, 1.807) is 0 Å². The maximum atomic E-state index is 5.67. The number of rotatable bonds is 5. The Labute approximate surface area is 106 Å². The maximum Gasteiger partial charge on any atom is 0.0700 e. The molecule has 1 aliphatic heterocycles. The van der Waals surface area contributed by atoms with Gasteiger partial charge in [-0.05, 0) is 32.8 Å². The lowest BCUT2D eigenvalue weighted by atomic mass is 10.1. The van der Waals surface area contributed by atoms with Gasteiger partial charge in [0.25, 0.3) is 0 Å². The second-order valence-electron chi connectivity index (χ2n) is 5.99. The lowest BCUT2D eigenvalue weighted by molar-refractivity contribution is -0.0266. The minimum Gasteiger partial charge on any atom is -0.376 e. The van der Waals surface area contributed by atoms with Crippen molar-refractivity contribution in [2.45, 2.75) is 45.8 Å². The van der Waals surface area contributed by atoms with E-state index in [1.807, 2.05) is 0 Å².